The van der Waals surface area contributed by atoms with Crippen molar-refractivity contribution in [1.82, 2.24) is 9.97 Å². The van der Waals surface area contributed by atoms with Crippen molar-refractivity contribution in [2.24, 2.45) is 5.73 Å². The van der Waals surface area contributed by atoms with E-state index in [1.165, 1.54) is 19.3 Å². The summed E-state index contributed by atoms with van der Waals surface area (Å²) < 4.78 is 0. The Morgan fingerprint density at radius 1 is 1.07 bits per heavy atom. The third-order valence-corrected chi connectivity index (χ3v) is 3.17. The summed E-state index contributed by atoms with van der Waals surface area (Å²) in [7, 11) is 0. The van der Waals surface area contributed by atoms with Crippen LogP contribution in [0.2, 0.25) is 0 Å². The Balaban J connectivity index is 2.34. The zero-order valence-electron chi connectivity index (χ0n) is 9.58. The van der Waals surface area contributed by atoms with Gasteiger partial charge in [-0.1, -0.05) is 19.3 Å². The van der Waals surface area contributed by atoms with E-state index in [0.717, 1.165) is 30.1 Å². The number of nitrogens with two attached hydrogens (primary N) is 1. The first-order valence-corrected chi connectivity index (χ1v) is 5.72. The van der Waals surface area contributed by atoms with Crippen LogP contribution >= 0.6 is 0 Å². The fraction of sp³-hybridized carbons (Fsp3) is 0.667. The Morgan fingerprint density at radius 3 is 2.13 bits per heavy atom. The minimum atomic E-state index is -0.269. The molecule has 0 unspecified atom stereocenters. The van der Waals surface area contributed by atoms with Crippen LogP contribution < -0.4 is 5.73 Å². The molecule has 15 heavy (non-hydrogen) atoms. The van der Waals surface area contributed by atoms with E-state index in [-0.39, 0.29) is 5.54 Å². The fourth-order valence-electron chi connectivity index (χ4n) is 2.35. The number of hydrogen-bond acceptors (Lipinski definition) is 3. The molecule has 1 aliphatic carbocycles. The molecule has 1 aromatic heterocycles. The first kappa shape index (κ1) is 10.6. The van der Waals surface area contributed by atoms with E-state index in [4.69, 9.17) is 5.73 Å². The summed E-state index contributed by atoms with van der Waals surface area (Å²) in [6, 6.07) is 2.00. The predicted molar refractivity (Wildman–Crippen MR) is 60.5 cm³/mol. The molecule has 0 spiro atoms. The van der Waals surface area contributed by atoms with Crippen LogP contribution in [-0.2, 0) is 5.54 Å². The normalized spacial score (nSPS) is 20.2. The highest BCUT2D eigenvalue weighted by Gasteiger charge is 2.32. The molecule has 1 fully saturated rings. The maximum atomic E-state index is 6.39. The summed E-state index contributed by atoms with van der Waals surface area (Å²) in [6.07, 6.45) is 5.75. The molecule has 0 bridgehead atoms. The smallest absolute Gasteiger partial charge is 0.148 e. The van der Waals surface area contributed by atoms with E-state index in [0.29, 0.717) is 0 Å². The van der Waals surface area contributed by atoms with Gasteiger partial charge < -0.3 is 5.73 Å². The summed E-state index contributed by atoms with van der Waals surface area (Å²) in [5.41, 5.74) is 8.17. The molecule has 0 radical (unpaired) electrons. The van der Waals surface area contributed by atoms with Crippen LogP contribution in [0, 0.1) is 13.8 Å². The van der Waals surface area contributed by atoms with Crippen LogP contribution in [-0.4, -0.2) is 9.97 Å². The maximum Gasteiger partial charge on any atom is 0.148 e. The molecule has 82 valence electrons. The summed E-state index contributed by atoms with van der Waals surface area (Å²) >= 11 is 0. The number of rotatable bonds is 1. The maximum absolute atomic E-state index is 6.39. The Kier molecular flexibility index (Phi) is 2.74. The Bertz CT molecular complexity index is 334. The third-order valence-electron chi connectivity index (χ3n) is 3.17. The largest absolute Gasteiger partial charge is 0.319 e. The molecule has 1 aliphatic rings. The third kappa shape index (κ3) is 2.17. The van der Waals surface area contributed by atoms with E-state index in [9.17, 15) is 0 Å². The molecule has 0 amide bonds. The average Bonchev–Trinajstić information content (AvgIpc) is 2.17. The number of aromatic nitrogens is 2. The topological polar surface area (TPSA) is 51.8 Å². The van der Waals surface area contributed by atoms with Gasteiger partial charge in [-0.3, -0.25) is 0 Å². The summed E-state index contributed by atoms with van der Waals surface area (Å²) in [5.74, 6) is 0.847. The molecule has 0 aliphatic heterocycles. The van der Waals surface area contributed by atoms with Gasteiger partial charge in [0.05, 0.1) is 5.54 Å². The highest BCUT2D eigenvalue weighted by atomic mass is 15.0. The van der Waals surface area contributed by atoms with Crippen molar-refractivity contribution in [2.75, 3.05) is 0 Å². The molecule has 3 nitrogen and oxygen atoms in total. The lowest BCUT2D eigenvalue weighted by Gasteiger charge is -2.32. The lowest BCUT2D eigenvalue weighted by molar-refractivity contribution is 0.286. The van der Waals surface area contributed by atoms with Crippen molar-refractivity contribution in [3.63, 3.8) is 0 Å². The summed E-state index contributed by atoms with van der Waals surface area (Å²) in [6.45, 7) is 4.01. The fourth-order valence-corrected chi connectivity index (χ4v) is 2.35. The van der Waals surface area contributed by atoms with Crippen molar-refractivity contribution in [1.29, 1.82) is 0 Å². The van der Waals surface area contributed by atoms with E-state index >= 15 is 0 Å². The van der Waals surface area contributed by atoms with Crippen LogP contribution in [0.1, 0.15) is 49.3 Å². The van der Waals surface area contributed by atoms with E-state index in [1.54, 1.807) is 0 Å². The molecular formula is C12H19N3. The van der Waals surface area contributed by atoms with Gasteiger partial charge in [0.1, 0.15) is 5.82 Å². The van der Waals surface area contributed by atoms with Crippen molar-refractivity contribution < 1.29 is 0 Å². The predicted octanol–water partition coefficient (Wildman–Crippen LogP) is 2.21. The van der Waals surface area contributed by atoms with Crippen molar-refractivity contribution in [2.45, 2.75) is 51.5 Å². The van der Waals surface area contributed by atoms with Crippen LogP contribution in [0.5, 0.6) is 0 Å². The van der Waals surface area contributed by atoms with Gasteiger partial charge in [-0.2, -0.15) is 0 Å². The average molecular weight is 205 g/mol. The second kappa shape index (κ2) is 3.89. The lowest BCUT2D eigenvalue weighted by Crippen LogP contribution is -2.40. The molecule has 1 aromatic rings. The Hall–Kier alpha value is -0.960. The molecule has 1 heterocycles. The van der Waals surface area contributed by atoms with Gasteiger partial charge in [0.2, 0.25) is 0 Å². The van der Waals surface area contributed by atoms with Crippen LogP contribution in [0.25, 0.3) is 0 Å². The minimum Gasteiger partial charge on any atom is -0.319 e. The van der Waals surface area contributed by atoms with Gasteiger partial charge in [0.15, 0.2) is 0 Å². The van der Waals surface area contributed by atoms with Crippen molar-refractivity contribution >= 4 is 0 Å². The van der Waals surface area contributed by atoms with E-state index < -0.39 is 0 Å². The Morgan fingerprint density at radius 2 is 1.60 bits per heavy atom. The van der Waals surface area contributed by atoms with Gasteiger partial charge in [-0.05, 0) is 32.8 Å². The molecule has 0 aromatic carbocycles. The van der Waals surface area contributed by atoms with E-state index in [2.05, 4.69) is 9.97 Å². The highest BCUT2D eigenvalue weighted by molar-refractivity contribution is 5.14. The zero-order chi connectivity index (χ0) is 10.9. The molecule has 3 heteroatoms. The monoisotopic (exact) mass is 205 g/mol. The van der Waals surface area contributed by atoms with Gasteiger partial charge >= 0.3 is 0 Å². The SMILES string of the molecule is Cc1cc(C)nc(C2(N)CCCCC2)n1. The molecule has 0 saturated heterocycles. The standard InChI is InChI=1S/C12H19N3/c1-9-8-10(2)15-11(14-9)12(13)6-4-3-5-7-12/h8H,3-7,13H2,1-2H3. The van der Waals surface area contributed by atoms with E-state index in [1.807, 2.05) is 19.9 Å². The van der Waals surface area contributed by atoms with Crippen molar-refractivity contribution in [3.05, 3.63) is 23.3 Å². The quantitative estimate of drug-likeness (QED) is 0.764. The second-order valence-corrected chi connectivity index (χ2v) is 4.69. The number of hydrogen-bond donors (Lipinski definition) is 1. The first-order chi connectivity index (χ1) is 7.10. The zero-order valence-corrected chi connectivity index (χ0v) is 9.58. The van der Waals surface area contributed by atoms with Crippen LogP contribution in [0.3, 0.4) is 0 Å². The molecule has 2 rings (SSSR count). The summed E-state index contributed by atoms with van der Waals surface area (Å²) in [4.78, 5) is 8.99. The lowest BCUT2D eigenvalue weighted by atomic mass is 9.82. The Labute approximate surface area is 91.1 Å². The second-order valence-electron chi connectivity index (χ2n) is 4.69. The minimum absolute atomic E-state index is 0.269. The highest BCUT2D eigenvalue weighted by Crippen LogP contribution is 2.32. The van der Waals surface area contributed by atoms with Gasteiger partial charge in [-0.15, -0.1) is 0 Å². The molecule has 1 saturated carbocycles. The van der Waals surface area contributed by atoms with Crippen molar-refractivity contribution in [3.8, 4) is 0 Å². The van der Waals surface area contributed by atoms with Gasteiger partial charge in [0.25, 0.3) is 0 Å². The molecular weight excluding hydrogens is 186 g/mol. The first-order valence-electron chi connectivity index (χ1n) is 5.72. The molecule has 0 atom stereocenters. The molecule has 2 N–H and O–H groups in total. The van der Waals surface area contributed by atoms with Gasteiger partial charge in [0, 0.05) is 11.4 Å². The van der Waals surface area contributed by atoms with Crippen LogP contribution in [0.4, 0.5) is 0 Å². The van der Waals surface area contributed by atoms with Crippen LogP contribution in [0.15, 0.2) is 6.07 Å². The number of aryl methyl sites for hydroxylation is 2. The summed E-state index contributed by atoms with van der Waals surface area (Å²) in [5, 5.41) is 0. The number of nitrogens with zero attached hydrogens (tertiary/aromatic N) is 2. The van der Waals surface area contributed by atoms with Gasteiger partial charge in [-0.25, -0.2) is 9.97 Å².